The van der Waals surface area contributed by atoms with Gasteiger partial charge < -0.3 is 0 Å². The Morgan fingerprint density at radius 1 is 1.04 bits per heavy atom. The second-order valence-electron chi connectivity index (χ2n) is 5.80. The lowest BCUT2D eigenvalue weighted by Crippen LogP contribution is -2.15. The summed E-state index contributed by atoms with van der Waals surface area (Å²) in [7, 11) is -4.40. The van der Waals surface area contributed by atoms with Crippen molar-refractivity contribution in [2.45, 2.75) is 18.7 Å². The van der Waals surface area contributed by atoms with E-state index >= 15 is 0 Å². The molecule has 9 heteroatoms. The summed E-state index contributed by atoms with van der Waals surface area (Å²) in [5, 5.41) is 6.28. The van der Waals surface area contributed by atoms with Crippen molar-refractivity contribution in [3.63, 3.8) is 0 Å². The van der Waals surface area contributed by atoms with Crippen LogP contribution >= 0.6 is 11.3 Å². The third-order valence-electron chi connectivity index (χ3n) is 4.05. The number of hydrogen-bond donors (Lipinski definition) is 1. The summed E-state index contributed by atoms with van der Waals surface area (Å²) in [6, 6.07) is 6.54. The smallest absolute Gasteiger partial charge is 0.267 e. The highest BCUT2D eigenvalue weighted by molar-refractivity contribution is 7.89. The van der Waals surface area contributed by atoms with E-state index in [4.69, 9.17) is 5.14 Å². The zero-order valence-corrected chi connectivity index (χ0v) is 15.4. The first-order chi connectivity index (χ1) is 12.1. The fourth-order valence-electron chi connectivity index (χ4n) is 2.55. The van der Waals surface area contributed by atoms with E-state index in [1.807, 2.05) is 19.9 Å². The van der Waals surface area contributed by atoms with Crippen LogP contribution in [0.4, 0.5) is 8.78 Å². The van der Waals surface area contributed by atoms with Gasteiger partial charge >= 0.3 is 4.87 Å². The van der Waals surface area contributed by atoms with Crippen LogP contribution < -0.4 is 10.0 Å². The van der Waals surface area contributed by atoms with Crippen molar-refractivity contribution in [2.24, 2.45) is 5.14 Å². The molecular formula is C17H14F2N2O3S2. The topological polar surface area (TPSA) is 82.2 Å². The van der Waals surface area contributed by atoms with Crippen molar-refractivity contribution in [1.29, 1.82) is 0 Å². The standard InChI is InChI=1S/C17H14F2N2O3S2/c1-9-3-4-11(5-10(9)2)21-15(8-25-17(21)22)12-6-14(19)16(7-13(12)18)26(20,23)24/h3-8H,1-2H3,(H2,20,23,24). The zero-order valence-electron chi connectivity index (χ0n) is 13.8. The Morgan fingerprint density at radius 2 is 1.73 bits per heavy atom. The number of halogens is 2. The molecule has 0 aliphatic heterocycles. The molecule has 0 amide bonds. The SMILES string of the molecule is Cc1ccc(-n2c(-c3cc(F)c(S(N)(=O)=O)cc3F)csc2=O)cc1C. The van der Waals surface area contributed by atoms with E-state index in [1.165, 1.54) is 9.95 Å². The minimum atomic E-state index is -4.40. The normalized spacial score (nSPS) is 11.7. The number of aromatic nitrogens is 1. The van der Waals surface area contributed by atoms with Gasteiger partial charge in [-0.25, -0.2) is 22.3 Å². The van der Waals surface area contributed by atoms with Gasteiger partial charge in [0.25, 0.3) is 0 Å². The second kappa shape index (κ2) is 6.42. The molecule has 0 aliphatic carbocycles. The molecule has 0 fully saturated rings. The number of nitrogens with two attached hydrogens (primary N) is 1. The van der Waals surface area contributed by atoms with Crippen LogP contribution in [-0.2, 0) is 10.0 Å². The van der Waals surface area contributed by atoms with Crippen molar-refractivity contribution in [1.82, 2.24) is 4.57 Å². The highest BCUT2D eigenvalue weighted by Gasteiger charge is 2.22. The minimum Gasteiger partial charge on any atom is -0.267 e. The second-order valence-corrected chi connectivity index (χ2v) is 8.15. The number of sulfonamides is 1. The maximum absolute atomic E-state index is 14.5. The molecule has 0 spiro atoms. The van der Waals surface area contributed by atoms with Gasteiger partial charge in [-0.15, -0.1) is 0 Å². The van der Waals surface area contributed by atoms with Crippen LogP contribution in [0.2, 0.25) is 0 Å². The number of rotatable bonds is 3. The van der Waals surface area contributed by atoms with Gasteiger partial charge in [-0.3, -0.25) is 9.36 Å². The van der Waals surface area contributed by atoms with Crippen molar-refractivity contribution >= 4 is 21.4 Å². The lowest BCUT2D eigenvalue weighted by molar-refractivity contribution is 0.555. The Labute approximate surface area is 152 Å². The molecule has 5 nitrogen and oxygen atoms in total. The van der Waals surface area contributed by atoms with Gasteiger partial charge in [0.2, 0.25) is 10.0 Å². The highest BCUT2D eigenvalue weighted by atomic mass is 32.2. The average Bonchev–Trinajstić information content (AvgIpc) is 2.92. The third-order valence-corrected chi connectivity index (χ3v) is 5.70. The van der Waals surface area contributed by atoms with Crippen molar-refractivity contribution < 1.29 is 17.2 Å². The van der Waals surface area contributed by atoms with Crippen molar-refractivity contribution in [2.75, 3.05) is 0 Å². The van der Waals surface area contributed by atoms with Crippen molar-refractivity contribution in [3.8, 4) is 16.9 Å². The van der Waals surface area contributed by atoms with E-state index in [2.05, 4.69) is 0 Å². The lowest BCUT2D eigenvalue weighted by atomic mass is 10.1. The minimum absolute atomic E-state index is 0.126. The molecule has 1 heterocycles. The lowest BCUT2D eigenvalue weighted by Gasteiger charge is -2.11. The molecule has 2 aromatic carbocycles. The van der Waals surface area contributed by atoms with Crippen LogP contribution in [-0.4, -0.2) is 13.0 Å². The molecule has 136 valence electrons. The Balaban J connectivity index is 2.26. The molecule has 0 aliphatic rings. The largest absolute Gasteiger partial charge is 0.312 e. The summed E-state index contributed by atoms with van der Waals surface area (Å²) in [6.45, 7) is 3.79. The predicted molar refractivity (Wildman–Crippen MR) is 96.1 cm³/mol. The van der Waals surface area contributed by atoms with E-state index in [0.717, 1.165) is 28.5 Å². The van der Waals surface area contributed by atoms with Gasteiger partial charge in [-0.2, -0.15) is 0 Å². The number of thiazole rings is 1. The molecule has 0 saturated heterocycles. The van der Waals surface area contributed by atoms with Gasteiger partial charge in [-0.1, -0.05) is 17.4 Å². The van der Waals surface area contributed by atoms with Crippen LogP contribution in [0.25, 0.3) is 16.9 Å². The molecule has 1 aromatic heterocycles. The molecule has 3 rings (SSSR count). The van der Waals surface area contributed by atoms with Gasteiger partial charge in [0.05, 0.1) is 11.4 Å². The van der Waals surface area contributed by atoms with Crippen LogP contribution in [0, 0.1) is 25.5 Å². The Hall–Kier alpha value is -2.36. The van der Waals surface area contributed by atoms with Crippen LogP contribution in [0.15, 0.2) is 45.4 Å². The Kier molecular flexibility index (Phi) is 4.55. The van der Waals surface area contributed by atoms with E-state index in [9.17, 15) is 22.0 Å². The average molecular weight is 396 g/mol. The molecule has 2 N–H and O–H groups in total. The summed E-state index contributed by atoms with van der Waals surface area (Å²) in [6.07, 6.45) is 0. The molecule has 0 atom stereocenters. The molecule has 0 unspecified atom stereocenters. The van der Waals surface area contributed by atoms with Gasteiger partial charge in [0.1, 0.15) is 16.5 Å². The molecule has 26 heavy (non-hydrogen) atoms. The summed E-state index contributed by atoms with van der Waals surface area (Å²) >= 11 is 0.830. The van der Waals surface area contributed by atoms with Gasteiger partial charge in [0, 0.05) is 10.9 Å². The fraction of sp³-hybridized carbons (Fsp3) is 0.118. The third kappa shape index (κ3) is 3.20. The summed E-state index contributed by atoms with van der Waals surface area (Å²) in [5.74, 6) is -2.18. The zero-order chi connectivity index (χ0) is 19.2. The molecule has 0 radical (unpaired) electrons. The van der Waals surface area contributed by atoms with Gasteiger partial charge in [0.15, 0.2) is 0 Å². The summed E-state index contributed by atoms with van der Waals surface area (Å²) in [4.78, 5) is 11.0. The van der Waals surface area contributed by atoms with Crippen molar-refractivity contribution in [3.05, 3.63) is 68.1 Å². The number of nitrogens with zero attached hydrogens (tertiary/aromatic N) is 1. The Bertz CT molecular complexity index is 1180. The van der Waals surface area contributed by atoms with E-state index < -0.39 is 26.6 Å². The maximum Gasteiger partial charge on any atom is 0.312 e. The van der Waals surface area contributed by atoms with Crippen LogP contribution in [0.5, 0.6) is 0 Å². The quantitative estimate of drug-likeness (QED) is 0.739. The van der Waals surface area contributed by atoms with Crippen LogP contribution in [0.1, 0.15) is 11.1 Å². The highest BCUT2D eigenvalue weighted by Crippen LogP contribution is 2.29. The molecule has 3 aromatic rings. The first-order valence-electron chi connectivity index (χ1n) is 7.40. The molecule has 0 saturated carbocycles. The monoisotopic (exact) mass is 396 g/mol. The molecular weight excluding hydrogens is 382 g/mol. The fourth-order valence-corrected chi connectivity index (χ4v) is 3.90. The number of primary sulfonamides is 1. The van der Waals surface area contributed by atoms with Gasteiger partial charge in [-0.05, 0) is 49.2 Å². The van der Waals surface area contributed by atoms with E-state index in [0.29, 0.717) is 11.8 Å². The number of aryl methyl sites for hydroxylation is 2. The van der Waals surface area contributed by atoms with E-state index in [-0.39, 0.29) is 16.1 Å². The summed E-state index contributed by atoms with van der Waals surface area (Å²) < 4.78 is 52.6. The Morgan fingerprint density at radius 3 is 2.35 bits per heavy atom. The number of hydrogen-bond acceptors (Lipinski definition) is 4. The first kappa shape index (κ1) is 18.4. The van der Waals surface area contributed by atoms with Crippen LogP contribution in [0.3, 0.4) is 0 Å². The van der Waals surface area contributed by atoms with E-state index in [1.54, 1.807) is 12.1 Å². The molecule has 0 bridgehead atoms. The summed E-state index contributed by atoms with van der Waals surface area (Å²) in [5.41, 5.74) is 2.35. The predicted octanol–water partition coefficient (Wildman–Crippen LogP) is 3.11. The maximum atomic E-state index is 14.5. The first-order valence-corrected chi connectivity index (χ1v) is 9.82. The number of benzene rings is 2.